The van der Waals surface area contributed by atoms with Crippen LogP contribution >= 0.6 is 0 Å². The van der Waals surface area contributed by atoms with Gasteiger partial charge in [-0.05, 0) is 42.3 Å². The quantitative estimate of drug-likeness (QED) is 0.414. The molecule has 1 atom stereocenters. The van der Waals surface area contributed by atoms with Gasteiger partial charge in [-0.1, -0.05) is 12.1 Å². The molecule has 0 spiro atoms. The van der Waals surface area contributed by atoms with Crippen molar-refractivity contribution in [1.82, 2.24) is 24.2 Å². The summed E-state index contributed by atoms with van der Waals surface area (Å²) in [6.07, 6.45) is 4.86. The van der Waals surface area contributed by atoms with Crippen LogP contribution in [0.25, 0.3) is 44.2 Å². The summed E-state index contributed by atoms with van der Waals surface area (Å²) in [4.78, 5) is 7.25. The molecule has 0 saturated carbocycles. The van der Waals surface area contributed by atoms with Crippen LogP contribution in [0.5, 0.6) is 0 Å². The lowest BCUT2D eigenvalue weighted by Gasteiger charge is -2.15. The largest absolute Gasteiger partial charge is 0.345 e. The smallest absolute Gasteiger partial charge is 0.141 e. The van der Waals surface area contributed by atoms with E-state index in [1.807, 2.05) is 44.7 Å². The number of aromatic nitrogens is 4. The molecule has 0 aliphatic carbocycles. The molecule has 7 nitrogen and oxygen atoms in total. The maximum Gasteiger partial charge on any atom is 0.141 e. The standard InChI is InChI=1S/C28H26FN7/c1-34-14-20-9-18(5-6-25(20)33-34)28-27(17-3-4-19(12-30)24(29)10-17)23-11-22(35(2)26(23)13-32-28)16-36-8-7-21(31)15-36/h3-6,9-11,13-14,21H,7-8,15-16,31H2,1-2H3/t21-/m0/s1. The lowest BCUT2D eigenvalue weighted by atomic mass is 9.95. The second-order valence-corrected chi connectivity index (χ2v) is 9.64. The van der Waals surface area contributed by atoms with E-state index in [9.17, 15) is 9.65 Å². The first-order chi connectivity index (χ1) is 17.4. The van der Waals surface area contributed by atoms with Crippen molar-refractivity contribution in [1.29, 1.82) is 5.26 Å². The van der Waals surface area contributed by atoms with Crippen molar-refractivity contribution in [3.05, 3.63) is 71.9 Å². The molecule has 8 heteroatoms. The summed E-state index contributed by atoms with van der Waals surface area (Å²) in [5.74, 6) is -0.539. The van der Waals surface area contributed by atoms with Crippen molar-refractivity contribution in [2.75, 3.05) is 13.1 Å². The summed E-state index contributed by atoms with van der Waals surface area (Å²) < 4.78 is 18.7. The van der Waals surface area contributed by atoms with Crippen LogP contribution in [0.2, 0.25) is 0 Å². The number of nitrogens with two attached hydrogens (primary N) is 1. The number of likely N-dealkylation sites (tertiary alicyclic amines) is 1. The zero-order chi connectivity index (χ0) is 25.0. The van der Waals surface area contributed by atoms with E-state index in [-0.39, 0.29) is 11.6 Å². The molecule has 5 aromatic rings. The van der Waals surface area contributed by atoms with Gasteiger partial charge in [0, 0.05) is 73.6 Å². The van der Waals surface area contributed by atoms with Gasteiger partial charge < -0.3 is 10.3 Å². The Morgan fingerprint density at radius 3 is 2.72 bits per heavy atom. The average Bonchev–Trinajstić information content (AvgIpc) is 3.54. The van der Waals surface area contributed by atoms with Gasteiger partial charge in [-0.25, -0.2) is 4.39 Å². The normalized spacial score (nSPS) is 16.2. The lowest BCUT2D eigenvalue weighted by Crippen LogP contribution is -2.26. The van der Waals surface area contributed by atoms with Gasteiger partial charge in [-0.15, -0.1) is 0 Å². The molecule has 0 unspecified atom stereocenters. The summed E-state index contributed by atoms with van der Waals surface area (Å²) in [7, 11) is 3.94. The molecule has 1 aliphatic rings. The maximum atomic E-state index is 14.8. The molecule has 1 saturated heterocycles. The minimum atomic E-state index is -0.539. The number of rotatable bonds is 4. The fourth-order valence-corrected chi connectivity index (χ4v) is 5.30. The van der Waals surface area contributed by atoms with Crippen LogP contribution in [-0.4, -0.2) is 43.4 Å². The number of hydrogen-bond acceptors (Lipinski definition) is 5. The van der Waals surface area contributed by atoms with E-state index >= 15 is 0 Å². The molecule has 3 aromatic heterocycles. The fourth-order valence-electron chi connectivity index (χ4n) is 5.30. The number of hydrogen-bond donors (Lipinski definition) is 1. The highest BCUT2D eigenvalue weighted by atomic mass is 19.1. The van der Waals surface area contributed by atoms with Crippen LogP contribution in [0.3, 0.4) is 0 Å². The summed E-state index contributed by atoms with van der Waals surface area (Å²) in [5, 5.41) is 15.7. The van der Waals surface area contributed by atoms with E-state index in [0.29, 0.717) is 5.56 Å². The van der Waals surface area contributed by atoms with Crippen molar-refractivity contribution in [3.63, 3.8) is 0 Å². The molecule has 36 heavy (non-hydrogen) atoms. The van der Waals surface area contributed by atoms with Gasteiger partial charge in [0.2, 0.25) is 0 Å². The van der Waals surface area contributed by atoms with E-state index in [1.54, 1.807) is 10.7 Å². The highest BCUT2D eigenvalue weighted by Gasteiger charge is 2.23. The first-order valence-corrected chi connectivity index (χ1v) is 12.0. The van der Waals surface area contributed by atoms with E-state index in [0.717, 1.165) is 70.4 Å². The average molecular weight is 480 g/mol. The Hall–Kier alpha value is -4.06. The highest BCUT2D eigenvalue weighted by Crippen LogP contribution is 2.39. The van der Waals surface area contributed by atoms with Gasteiger partial charge in [0.05, 0.1) is 28.5 Å². The molecule has 180 valence electrons. The molecule has 6 rings (SSSR count). The number of fused-ring (bicyclic) bond motifs is 2. The van der Waals surface area contributed by atoms with Crippen molar-refractivity contribution >= 4 is 21.8 Å². The Bertz CT molecular complexity index is 1670. The van der Waals surface area contributed by atoms with Gasteiger partial charge in [-0.2, -0.15) is 10.4 Å². The van der Waals surface area contributed by atoms with Gasteiger partial charge in [-0.3, -0.25) is 14.6 Å². The third-order valence-corrected chi connectivity index (χ3v) is 7.17. The second-order valence-electron chi connectivity index (χ2n) is 9.64. The zero-order valence-corrected chi connectivity index (χ0v) is 20.2. The minimum absolute atomic E-state index is 0.0244. The van der Waals surface area contributed by atoms with Gasteiger partial charge in [0.15, 0.2) is 0 Å². The highest BCUT2D eigenvalue weighted by molar-refractivity contribution is 6.03. The van der Waals surface area contributed by atoms with Crippen molar-refractivity contribution in [3.8, 4) is 28.5 Å². The topological polar surface area (TPSA) is 88.7 Å². The second kappa shape index (κ2) is 8.55. The van der Waals surface area contributed by atoms with E-state index < -0.39 is 5.82 Å². The molecular formula is C28H26FN7. The maximum absolute atomic E-state index is 14.8. The molecule has 0 radical (unpaired) electrons. The molecule has 0 bridgehead atoms. The Morgan fingerprint density at radius 1 is 1.14 bits per heavy atom. The Balaban J connectivity index is 1.57. The first kappa shape index (κ1) is 22.4. The van der Waals surface area contributed by atoms with Crippen LogP contribution in [0.1, 0.15) is 17.7 Å². The van der Waals surface area contributed by atoms with Crippen molar-refractivity contribution in [2.24, 2.45) is 19.8 Å². The van der Waals surface area contributed by atoms with Crippen LogP contribution < -0.4 is 5.73 Å². The number of benzene rings is 2. The third kappa shape index (κ3) is 3.73. The molecule has 4 heterocycles. The summed E-state index contributed by atoms with van der Waals surface area (Å²) in [6.45, 7) is 2.64. The zero-order valence-electron chi connectivity index (χ0n) is 20.2. The van der Waals surface area contributed by atoms with Crippen LogP contribution in [0.4, 0.5) is 4.39 Å². The van der Waals surface area contributed by atoms with Crippen molar-refractivity contribution in [2.45, 2.75) is 19.0 Å². The van der Waals surface area contributed by atoms with Gasteiger partial charge in [0.25, 0.3) is 0 Å². The summed E-state index contributed by atoms with van der Waals surface area (Å²) in [6, 6.07) is 15.1. The summed E-state index contributed by atoms with van der Waals surface area (Å²) in [5.41, 5.74) is 12.4. The Morgan fingerprint density at radius 2 is 1.97 bits per heavy atom. The van der Waals surface area contributed by atoms with Crippen LogP contribution in [-0.2, 0) is 20.6 Å². The van der Waals surface area contributed by atoms with Crippen LogP contribution in [0.15, 0.2) is 54.9 Å². The predicted octanol–water partition coefficient (Wildman–Crippen LogP) is 4.34. The number of nitriles is 1. The SMILES string of the molecule is Cn1cc2cc(-c3ncc4c(cc(CN5CC[C@H](N)C5)n4C)c3-c3ccc(C#N)c(F)c3)ccc2n1. The lowest BCUT2D eigenvalue weighted by molar-refractivity contribution is 0.319. The Labute approximate surface area is 208 Å². The minimum Gasteiger partial charge on any atom is -0.345 e. The molecule has 1 aliphatic heterocycles. The monoisotopic (exact) mass is 479 g/mol. The number of aryl methyl sites for hydroxylation is 2. The summed E-state index contributed by atoms with van der Waals surface area (Å²) >= 11 is 0. The molecule has 1 fully saturated rings. The van der Waals surface area contributed by atoms with Crippen molar-refractivity contribution < 1.29 is 4.39 Å². The molecule has 2 N–H and O–H groups in total. The number of pyridine rings is 1. The van der Waals surface area contributed by atoms with Gasteiger partial charge in [0.1, 0.15) is 11.9 Å². The van der Waals surface area contributed by atoms with Crippen LogP contribution in [0, 0.1) is 17.1 Å². The Kier molecular flexibility index (Phi) is 5.32. The first-order valence-electron chi connectivity index (χ1n) is 12.0. The van der Waals surface area contributed by atoms with E-state index in [4.69, 9.17) is 10.7 Å². The number of halogens is 1. The molecule has 2 aromatic carbocycles. The van der Waals surface area contributed by atoms with Gasteiger partial charge >= 0.3 is 0 Å². The molecule has 0 amide bonds. The predicted molar refractivity (Wildman–Crippen MR) is 138 cm³/mol. The third-order valence-electron chi connectivity index (χ3n) is 7.17. The number of nitrogens with zero attached hydrogens (tertiary/aromatic N) is 6. The van der Waals surface area contributed by atoms with E-state index in [2.05, 4.69) is 26.7 Å². The fraction of sp³-hybridized carbons (Fsp3) is 0.250. The molecular weight excluding hydrogens is 453 g/mol. The van der Waals surface area contributed by atoms with E-state index in [1.165, 1.54) is 12.1 Å².